The van der Waals surface area contributed by atoms with Gasteiger partial charge in [-0.1, -0.05) is 26.0 Å². The van der Waals surface area contributed by atoms with E-state index in [1.807, 2.05) is 6.08 Å². The molecule has 2 rings (SSSR count). The summed E-state index contributed by atoms with van der Waals surface area (Å²) in [5.41, 5.74) is 0.00477. The Balaban J connectivity index is 2.32. The van der Waals surface area contributed by atoms with Gasteiger partial charge in [0.2, 0.25) is 0 Å². The van der Waals surface area contributed by atoms with Crippen molar-refractivity contribution in [2.45, 2.75) is 20.3 Å². The Labute approximate surface area is 76.8 Å². The topological polar surface area (TPSA) is 43.4 Å². The van der Waals surface area contributed by atoms with Crippen LogP contribution in [0.15, 0.2) is 12.2 Å². The largest absolute Gasteiger partial charge is 0.392 e. The number of hydrogen-bond donors (Lipinski definition) is 0. The van der Waals surface area contributed by atoms with Crippen LogP contribution < -0.4 is 0 Å². The Kier molecular flexibility index (Phi) is 1.59. The summed E-state index contributed by atoms with van der Waals surface area (Å²) >= 11 is 0. The summed E-state index contributed by atoms with van der Waals surface area (Å²) in [4.78, 5) is 22.4. The molecule has 0 radical (unpaired) electrons. The van der Waals surface area contributed by atoms with Crippen LogP contribution in [-0.4, -0.2) is 11.9 Å². The van der Waals surface area contributed by atoms with E-state index >= 15 is 0 Å². The smallest absolute Gasteiger partial charge is 0.321 e. The number of fused-ring (bicyclic) bond motifs is 1. The first-order chi connectivity index (χ1) is 5.99. The minimum Gasteiger partial charge on any atom is -0.392 e. The van der Waals surface area contributed by atoms with E-state index in [4.69, 9.17) is 0 Å². The zero-order valence-electron chi connectivity index (χ0n) is 7.74. The van der Waals surface area contributed by atoms with Crippen molar-refractivity contribution in [1.29, 1.82) is 0 Å². The standard InChI is InChI=1S/C10H12O3/c1-10(2)4-3-6-7(5-10)9(12)13-8(6)11/h3-4,6-7H,5H2,1-2H3. The Morgan fingerprint density at radius 1 is 1.38 bits per heavy atom. The minimum atomic E-state index is -0.387. The number of ether oxygens (including phenoxy) is 1. The molecule has 0 spiro atoms. The molecule has 1 heterocycles. The summed E-state index contributed by atoms with van der Waals surface area (Å²) in [5, 5.41) is 0. The molecule has 13 heavy (non-hydrogen) atoms. The van der Waals surface area contributed by atoms with Crippen molar-refractivity contribution >= 4 is 11.9 Å². The summed E-state index contributed by atoms with van der Waals surface area (Å²) < 4.78 is 4.57. The van der Waals surface area contributed by atoms with Gasteiger partial charge in [0, 0.05) is 0 Å². The van der Waals surface area contributed by atoms with Crippen molar-refractivity contribution in [3.63, 3.8) is 0 Å². The second-order valence-electron chi connectivity index (χ2n) is 4.42. The monoisotopic (exact) mass is 180 g/mol. The van der Waals surface area contributed by atoms with Gasteiger partial charge in [-0.05, 0) is 11.8 Å². The molecule has 3 nitrogen and oxygen atoms in total. The number of hydrogen-bond acceptors (Lipinski definition) is 3. The molecule has 1 saturated heterocycles. The highest BCUT2D eigenvalue weighted by molar-refractivity contribution is 5.97. The average molecular weight is 180 g/mol. The van der Waals surface area contributed by atoms with Gasteiger partial charge in [-0.3, -0.25) is 9.59 Å². The number of allylic oxidation sites excluding steroid dienone is 1. The molecular formula is C10H12O3. The van der Waals surface area contributed by atoms with Gasteiger partial charge in [0.15, 0.2) is 0 Å². The molecule has 2 aliphatic rings. The number of carbonyl (C=O) groups excluding carboxylic acids is 2. The fourth-order valence-corrected chi connectivity index (χ4v) is 1.98. The van der Waals surface area contributed by atoms with E-state index in [0.717, 1.165) is 0 Å². The average Bonchev–Trinajstić information content (AvgIpc) is 2.26. The van der Waals surface area contributed by atoms with Crippen molar-refractivity contribution in [2.75, 3.05) is 0 Å². The highest BCUT2D eigenvalue weighted by Crippen LogP contribution is 2.40. The Bertz CT molecular complexity index is 301. The maximum absolute atomic E-state index is 11.2. The van der Waals surface area contributed by atoms with Crippen molar-refractivity contribution in [1.82, 2.24) is 0 Å². The van der Waals surface area contributed by atoms with Crippen LogP contribution >= 0.6 is 0 Å². The predicted molar refractivity (Wildman–Crippen MR) is 45.6 cm³/mol. The molecule has 0 amide bonds. The summed E-state index contributed by atoms with van der Waals surface area (Å²) in [6, 6.07) is 0. The molecule has 0 aromatic carbocycles. The number of rotatable bonds is 0. The first kappa shape index (κ1) is 8.48. The molecular weight excluding hydrogens is 168 g/mol. The Morgan fingerprint density at radius 3 is 2.77 bits per heavy atom. The van der Waals surface area contributed by atoms with Gasteiger partial charge < -0.3 is 4.74 Å². The molecule has 2 atom stereocenters. The lowest BCUT2D eigenvalue weighted by Crippen LogP contribution is -2.27. The van der Waals surface area contributed by atoms with Crippen LogP contribution in [0.2, 0.25) is 0 Å². The number of esters is 2. The normalized spacial score (nSPS) is 35.8. The van der Waals surface area contributed by atoms with E-state index in [1.165, 1.54) is 0 Å². The van der Waals surface area contributed by atoms with Crippen LogP contribution in [-0.2, 0) is 14.3 Å². The summed E-state index contributed by atoms with van der Waals surface area (Å²) in [7, 11) is 0. The van der Waals surface area contributed by atoms with Gasteiger partial charge in [-0.15, -0.1) is 0 Å². The number of carbonyl (C=O) groups is 2. The maximum Gasteiger partial charge on any atom is 0.321 e. The molecule has 70 valence electrons. The van der Waals surface area contributed by atoms with E-state index in [1.54, 1.807) is 6.08 Å². The van der Waals surface area contributed by atoms with Crippen LogP contribution in [0.4, 0.5) is 0 Å². The number of cyclic esters (lactones) is 2. The SMILES string of the molecule is CC1(C)C=CC2C(=O)OC(=O)C2C1. The van der Waals surface area contributed by atoms with E-state index in [-0.39, 0.29) is 29.2 Å². The fourth-order valence-electron chi connectivity index (χ4n) is 1.98. The molecule has 0 bridgehead atoms. The minimum absolute atomic E-state index is 0.00477. The van der Waals surface area contributed by atoms with E-state index in [0.29, 0.717) is 6.42 Å². The second-order valence-corrected chi connectivity index (χ2v) is 4.42. The van der Waals surface area contributed by atoms with Gasteiger partial charge in [0.25, 0.3) is 0 Å². The molecule has 0 N–H and O–H groups in total. The van der Waals surface area contributed by atoms with Crippen LogP contribution in [0.25, 0.3) is 0 Å². The van der Waals surface area contributed by atoms with Gasteiger partial charge in [-0.2, -0.15) is 0 Å². The highest BCUT2D eigenvalue weighted by Gasteiger charge is 2.46. The Hall–Kier alpha value is -1.12. The first-order valence-corrected chi connectivity index (χ1v) is 4.44. The maximum atomic E-state index is 11.2. The quantitative estimate of drug-likeness (QED) is 0.320. The summed E-state index contributed by atoms with van der Waals surface area (Å²) in [6.07, 6.45) is 4.51. The fraction of sp³-hybridized carbons (Fsp3) is 0.600. The first-order valence-electron chi connectivity index (χ1n) is 4.44. The van der Waals surface area contributed by atoms with Gasteiger partial charge >= 0.3 is 11.9 Å². The van der Waals surface area contributed by atoms with Crippen molar-refractivity contribution in [3.8, 4) is 0 Å². The molecule has 0 aromatic heterocycles. The van der Waals surface area contributed by atoms with Crippen molar-refractivity contribution in [2.24, 2.45) is 17.3 Å². The summed E-state index contributed by atoms with van der Waals surface area (Å²) in [6.45, 7) is 4.10. The van der Waals surface area contributed by atoms with Crippen LogP contribution in [0.5, 0.6) is 0 Å². The van der Waals surface area contributed by atoms with Crippen LogP contribution in [0.1, 0.15) is 20.3 Å². The van der Waals surface area contributed by atoms with Crippen molar-refractivity contribution in [3.05, 3.63) is 12.2 Å². The molecule has 0 aromatic rings. The van der Waals surface area contributed by atoms with Gasteiger partial charge in [0.05, 0.1) is 11.8 Å². The molecule has 1 aliphatic carbocycles. The van der Waals surface area contributed by atoms with E-state index in [2.05, 4.69) is 18.6 Å². The molecule has 1 fully saturated rings. The summed E-state index contributed by atoms with van der Waals surface area (Å²) in [5.74, 6) is -1.30. The molecule has 0 saturated carbocycles. The lowest BCUT2D eigenvalue weighted by Gasteiger charge is -2.28. The van der Waals surface area contributed by atoms with Crippen LogP contribution in [0.3, 0.4) is 0 Å². The predicted octanol–water partition coefficient (Wildman–Crippen LogP) is 1.29. The zero-order chi connectivity index (χ0) is 9.64. The Morgan fingerprint density at radius 2 is 2.08 bits per heavy atom. The van der Waals surface area contributed by atoms with Gasteiger partial charge in [0.1, 0.15) is 0 Å². The molecule has 3 heteroatoms. The molecule has 1 aliphatic heterocycles. The van der Waals surface area contributed by atoms with Gasteiger partial charge in [-0.25, -0.2) is 0 Å². The molecule has 2 unspecified atom stereocenters. The van der Waals surface area contributed by atoms with E-state index in [9.17, 15) is 9.59 Å². The lowest BCUT2D eigenvalue weighted by atomic mass is 9.73. The third-order valence-electron chi connectivity index (χ3n) is 2.71. The zero-order valence-corrected chi connectivity index (χ0v) is 7.74. The third kappa shape index (κ3) is 1.28. The van der Waals surface area contributed by atoms with Crippen molar-refractivity contribution < 1.29 is 14.3 Å². The van der Waals surface area contributed by atoms with E-state index < -0.39 is 0 Å². The highest BCUT2D eigenvalue weighted by atomic mass is 16.6. The second kappa shape index (κ2) is 2.44. The third-order valence-corrected chi connectivity index (χ3v) is 2.71. The lowest BCUT2D eigenvalue weighted by molar-refractivity contribution is -0.153. The van der Waals surface area contributed by atoms with Crippen LogP contribution in [0, 0.1) is 17.3 Å².